The van der Waals surface area contributed by atoms with E-state index in [9.17, 15) is 0 Å². The van der Waals surface area contributed by atoms with Crippen LogP contribution in [0, 0.1) is 0 Å². The lowest BCUT2D eigenvalue weighted by Crippen LogP contribution is -2.19. The summed E-state index contributed by atoms with van der Waals surface area (Å²) < 4.78 is 10.7. The fourth-order valence-electron chi connectivity index (χ4n) is 1.17. The second kappa shape index (κ2) is 6.68. The maximum Gasteiger partial charge on any atom is 0.213 e. The summed E-state index contributed by atoms with van der Waals surface area (Å²) in [4.78, 5) is 4.01. The number of ether oxygens (including phenoxy) is 2. The van der Waals surface area contributed by atoms with Gasteiger partial charge >= 0.3 is 0 Å². The molecule has 1 N–H and O–H groups in total. The van der Waals surface area contributed by atoms with Gasteiger partial charge in [0, 0.05) is 24.4 Å². The summed E-state index contributed by atoms with van der Waals surface area (Å²) in [6, 6.07) is 1.63. The summed E-state index contributed by atoms with van der Waals surface area (Å²) in [7, 11) is 0. The average Bonchev–Trinajstić information content (AvgIpc) is 2.29. The second-order valence-corrected chi connectivity index (χ2v) is 3.77. The third kappa shape index (κ3) is 3.96. The van der Waals surface area contributed by atoms with Gasteiger partial charge in [-0.1, -0.05) is 11.6 Å². The van der Waals surface area contributed by atoms with Crippen molar-refractivity contribution in [3.63, 3.8) is 0 Å². The Morgan fingerprint density at radius 2 is 2.31 bits per heavy atom. The first-order valence-corrected chi connectivity index (χ1v) is 5.54. The van der Waals surface area contributed by atoms with Crippen LogP contribution < -0.4 is 4.74 Å². The Bertz CT molecular complexity index is 333. The van der Waals surface area contributed by atoms with E-state index in [1.165, 1.54) is 6.20 Å². The van der Waals surface area contributed by atoms with Crippen LogP contribution in [0.25, 0.3) is 0 Å². The third-order valence-corrected chi connectivity index (χ3v) is 2.30. The molecule has 1 unspecified atom stereocenters. The van der Waals surface area contributed by atoms with Gasteiger partial charge in [-0.2, -0.15) is 0 Å². The zero-order valence-electron chi connectivity index (χ0n) is 9.44. The predicted octanol–water partition coefficient (Wildman–Crippen LogP) is 2.03. The number of aliphatic hydroxyl groups excluding tert-OH is 1. The maximum absolute atomic E-state index is 9.03. The Balaban J connectivity index is 2.59. The monoisotopic (exact) mass is 245 g/mol. The number of pyridine rings is 1. The lowest BCUT2D eigenvalue weighted by atomic mass is 10.3. The van der Waals surface area contributed by atoms with Crippen LogP contribution in [0.1, 0.15) is 19.4 Å². The molecular weight excluding hydrogens is 230 g/mol. The maximum atomic E-state index is 9.03. The van der Waals surface area contributed by atoms with Gasteiger partial charge in [0.2, 0.25) is 5.88 Å². The molecule has 0 saturated heterocycles. The summed E-state index contributed by atoms with van der Waals surface area (Å²) in [5.41, 5.74) is 0.607. The summed E-state index contributed by atoms with van der Waals surface area (Å²) >= 11 is 5.81. The fraction of sp³-hybridized carbons (Fsp3) is 0.545. The van der Waals surface area contributed by atoms with Crippen LogP contribution in [-0.4, -0.2) is 29.4 Å². The van der Waals surface area contributed by atoms with Crippen LogP contribution in [0.4, 0.5) is 0 Å². The van der Waals surface area contributed by atoms with E-state index in [4.69, 9.17) is 26.2 Å². The molecule has 90 valence electrons. The minimum Gasteiger partial charge on any atom is -0.472 e. The summed E-state index contributed by atoms with van der Waals surface area (Å²) in [6.07, 6.45) is 1.38. The smallest absolute Gasteiger partial charge is 0.213 e. The van der Waals surface area contributed by atoms with Gasteiger partial charge in [-0.15, -0.1) is 0 Å². The van der Waals surface area contributed by atoms with E-state index < -0.39 is 0 Å². The zero-order chi connectivity index (χ0) is 12.0. The SMILES string of the molecule is CCOCC(C)Oc1cc(CO)c(Cl)cn1. The van der Waals surface area contributed by atoms with E-state index in [-0.39, 0.29) is 12.7 Å². The van der Waals surface area contributed by atoms with Crippen molar-refractivity contribution in [2.45, 2.75) is 26.6 Å². The minimum atomic E-state index is -0.127. The fourth-order valence-corrected chi connectivity index (χ4v) is 1.33. The average molecular weight is 246 g/mol. The molecular formula is C11H16ClNO3. The number of rotatable bonds is 6. The molecule has 0 fully saturated rings. The number of hydrogen-bond donors (Lipinski definition) is 1. The van der Waals surface area contributed by atoms with Gasteiger partial charge in [0.25, 0.3) is 0 Å². The topological polar surface area (TPSA) is 51.6 Å². The van der Waals surface area contributed by atoms with Crippen molar-refractivity contribution in [2.75, 3.05) is 13.2 Å². The van der Waals surface area contributed by atoms with Crippen molar-refractivity contribution in [1.82, 2.24) is 4.98 Å². The molecule has 0 saturated carbocycles. The van der Waals surface area contributed by atoms with Crippen molar-refractivity contribution in [2.24, 2.45) is 0 Å². The van der Waals surface area contributed by atoms with Crippen molar-refractivity contribution < 1.29 is 14.6 Å². The molecule has 1 aromatic heterocycles. The number of aliphatic hydroxyl groups is 1. The van der Waals surface area contributed by atoms with Gasteiger partial charge in [-0.3, -0.25) is 0 Å². The van der Waals surface area contributed by atoms with E-state index in [0.29, 0.717) is 29.7 Å². The molecule has 0 aliphatic rings. The number of nitrogens with zero attached hydrogens (tertiary/aromatic N) is 1. The Kier molecular flexibility index (Phi) is 5.52. The highest BCUT2D eigenvalue weighted by molar-refractivity contribution is 6.31. The summed E-state index contributed by atoms with van der Waals surface area (Å²) in [5.74, 6) is 0.445. The zero-order valence-corrected chi connectivity index (χ0v) is 10.2. The first-order valence-electron chi connectivity index (χ1n) is 5.17. The van der Waals surface area contributed by atoms with Crippen molar-refractivity contribution >= 4 is 11.6 Å². The molecule has 0 bridgehead atoms. The number of hydrogen-bond acceptors (Lipinski definition) is 4. The van der Waals surface area contributed by atoms with Crippen molar-refractivity contribution in [3.05, 3.63) is 22.8 Å². The van der Waals surface area contributed by atoms with E-state index in [1.807, 2.05) is 13.8 Å². The lowest BCUT2D eigenvalue weighted by Gasteiger charge is -2.14. The highest BCUT2D eigenvalue weighted by atomic mass is 35.5. The van der Waals surface area contributed by atoms with Gasteiger partial charge in [-0.25, -0.2) is 4.98 Å². The summed E-state index contributed by atoms with van der Waals surface area (Å²) in [6.45, 7) is 4.86. The largest absolute Gasteiger partial charge is 0.472 e. The minimum absolute atomic E-state index is 0.0832. The van der Waals surface area contributed by atoms with Crippen LogP contribution in [0.2, 0.25) is 5.02 Å². The quantitative estimate of drug-likeness (QED) is 0.833. The Hall–Kier alpha value is -0.840. The molecule has 0 aromatic carbocycles. The molecule has 1 heterocycles. The molecule has 4 nitrogen and oxygen atoms in total. The molecule has 1 atom stereocenters. The molecule has 0 aliphatic heterocycles. The van der Waals surface area contributed by atoms with Gasteiger partial charge in [-0.05, 0) is 13.8 Å². The van der Waals surface area contributed by atoms with Crippen LogP contribution in [0.3, 0.4) is 0 Å². The van der Waals surface area contributed by atoms with E-state index >= 15 is 0 Å². The third-order valence-electron chi connectivity index (χ3n) is 1.96. The first kappa shape index (κ1) is 13.2. The standard InChI is InChI=1S/C11H16ClNO3/c1-3-15-7-8(2)16-11-4-9(6-14)10(12)5-13-11/h4-5,8,14H,3,6-7H2,1-2H3. The molecule has 0 aliphatic carbocycles. The second-order valence-electron chi connectivity index (χ2n) is 3.36. The molecule has 1 rings (SSSR count). The highest BCUT2D eigenvalue weighted by Crippen LogP contribution is 2.19. The number of halogens is 1. The molecule has 0 radical (unpaired) electrons. The van der Waals surface area contributed by atoms with E-state index in [1.54, 1.807) is 6.07 Å². The molecule has 0 spiro atoms. The van der Waals surface area contributed by atoms with Crippen LogP contribution in [0.15, 0.2) is 12.3 Å². The van der Waals surface area contributed by atoms with E-state index in [2.05, 4.69) is 4.98 Å². The van der Waals surface area contributed by atoms with Gasteiger partial charge in [0.05, 0.1) is 18.2 Å². The van der Waals surface area contributed by atoms with Crippen LogP contribution >= 0.6 is 11.6 Å². The van der Waals surface area contributed by atoms with Crippen molar-refractivity contribution in [3.8, 4) is 5.88 Å². The van der Waals surface area contributed by atoms with Gasteiger partial charge in [0.1, 0.15) is 6.10 Å². The normalized spacial score (nSPS) is 12.5. The Labute approximate surface area is 100 Å². The van der Waals surface area contributed by atoms with E-state index in [0.717, 1.165) is 0 Å². The first-order chi connectivity index (χ1) is 7.67. The molecule has 16 heavy (non-hydrogen) atoms. The van der Waals surface area contributed by atoms with Crippen LogP contribution in [0.5, 0.6) is 5.88 Å². The molecule has 5 heteroatoms. The van der Waals surface area contributed by atoms with Gasteiger partial charge in [0.15, 0.2) is 0 Å². The van der Waals surface area contributed by atoms with Gasteiger partial charge < -0.3 is 14.6 Å². The molecule has 0 amide bonds. The number of aromatic nitrogens is 1. The van der Waals surface area contributed by atoms with Crippen LogP contribution in [-0.2, 0) is 11.3 Å². The summed E-state index contributed by atoms with van der Waals surface area (Å²) in [5, 5.41) is 9.46. The Morgan fingerprint density at radius 3 is 2.94 bits per heavy atom. The predicted molar refractivity (Wildman–Crippen MR) is 61.8 cm³/mol. The highest BCUT2D eigenvalue weighted by Gasteiger charge is 2.07. The van der Waals surface area contributed by atoms with Crippen molar-refractivity contribution in [1.29, 1.82) is 0 Å². The Morgan fingerprint density at radius 1 is 1.56 bits per heavy atom. The molecule has 1 aromatic rings. The lowest BCUT2D eigenvalue weighted by molar-refractivity contribution is 0.0632.